The van der Waals surface area contributed by atoms with Crippen LogP contribution < -0.4 is 9.47 Å². The molecule has 1 atom stereocenters. The molecule has 1 unspecified atom stereocenters. The Labute approximate surface area is 130 Å². The van der Waals surface area contributed by atoms with Gasteiger partial charge in [0.25, 0.3) is 0 Å². The van der Waals surface area contributed by atoms with Gasteiger partial charge in [0.15, 0.2) is 11.5 Å². The smallest absolute Gasteiger partial charge is 0.161 e. The van der Waals surface area contributed by atoms with Gasteiger partial charge in [0.2, 0.25) is 0 Å². The van der Waals surface area contributed by atoms with E-state index >= 15 is 0 Å². The van der Waals surface area contributed by atoms with Crippen molar-refractivity contribution in [3.05, 3.63) is 53.9 Å². The Balaban J connectivity index is 1.55. The van der Waals surface area contributed by atoms with Gasteiger partial charge >= 0.3 is 0 Å². The van der Waals surface area contributed by atoms with Crippen molar-refractivity contribution in [3.63, 3.8) is 0 Å². The highest BCUT2D eigenvalue weighted by molar-refractivity contribution is 5.44. The number of aromatic nitrogens is 1. The molecule has 114 valence electrons. The second kappa shape index (κ2) is 5.97. The number of fused-ring (bicyclic) bond motifs is 1. The first kappa shape index (κ1) is 13.6. The van der Waals surface area contributed by atoms with Crippen molar-refractivity contribution < 1.29 is 9.47 Å². The van der Waals surface area contributed by atoms with Gasteiger partial charge in [-0.05, 0) is 48.7 Å². The van der Waals surface area contributed by atoms with Crippen LogP contribution in [0.15, 0.2) is 42.7 Å². The molecule has 1 aromatic heterocycles. The summed E-state index contributed by atoms with van der Waals surface area (Å²) in [6.07, 6.45) is 6.21. The Morgan fingerprint density at radius 3 is 2.91 bits per heavy atom. The molecule has 0 bridgehead atoms. The fourth-order valence-electron chi connectivity index (χ4n) is 3.39. The molecular formula is C18H20N2O2. The molecule has 0 spiro atoms. The first-order valence-electron chi connectivity index (χ1n) is 7.93. The molecule has 0 aliphatic carbocycles. The zero-order valence-electron chi connectivity index (χ0n) is 12.6. The molecule has 4 heteroatoms. The van der Waals surface area contributed by atoms with Crippen LogP contribution in [-0.2, 0) is 6.54 Å². The third-order valence-electron chi connectivity index (χ3n) is 4.42. The quantitative estimate of drug-likeness (QED) is 0.871. The Hall–Kier alpha value is -2.07. The first-order valence-corrected chi connectivity index (χ1v) is 7.93. The highest BCUT2D eigenvalue weighted by Crippen LogP contribution is 2.38. The van der Waals surface area contributed by atoms with E-state index < -0.39 is 0 Å². The molecule has 2 aromatic rings. The minimum Gasteiger partial charge on any atom is -0.486 e. The van der Waals surface area contributed by atoms with Gasteiger partial charge in [-0.25, -0.2) is 0 Å². The van der Waals surface area contributed by atoms with Crippen LogP contribution in [-0.4, -0.2) is 29.6 Å². The molecule has 4 nitrogen and oxygen atoms in total. The lowest BCUT2D eigenvalue weighted by molar-refractivity contribution is 0.170. The lowest BCUT2D eigenvalue weighted by atomic mass is 10.0. The van der Waals surface area contributed by atoms with Crippen molar-refractivity contribution in [2.24, 2.45) is 0 Å². The summed E-state index contributed by atoms with van der Waals surface area (Å²) in [6, 6.07) is 11.0. The molecule has 0 saturated carbocycles. The second-order valence-corrected chi connectivity index (χ2v) is 5.89. The summed E-state index contributed by atoms with van der Waals surface area (Å²) < 4.78 is 11.3. The highest BCUT2D eigenvalue weighted by Gasteiger charge is 2.27. The summed E-state index contributed by atoms with van der Waals surface area (Å²) in [5, 5.41) is 0. The lowest BCUT2D eigenvalue weighted by Crippen LogP contribution is -2.23. The Morgan fingerprint density at radius 1 is 1.14 bits per heavy atom. The fourth-order valence-corrected chi connectivity index (χ4v) is 3.39. The fraction of sp³-hybridized carbons (Fsp3) is 0.389. The second-order valence-electron chi connectivity index (χ2n) is 5.89. The van der Waals surface area contributed by atoms with Crippen LogP contribution in [0, 0.1) is 0 Å². The van der Waals surface area contributed by atoms with Gasteiger partial charge in [0.1, 0.15) is 13.2 Å². The molecule has 2 aliphatic heterocycles. The number of nitrogens with zero attached hydrogens (tertiary/aromatic N) is 2. The average Bonchev–Trinajstić information content (AvgIpc) is 3.03. The molecule has 0 N–H and O–H groups in total. The number of ether oxygens (including phenoxy) is 2. The predicted molar refractivity (Wildman–Crippen MR) is 84.1 cm³/mol. The largest absolute Gasteiger partial charge is 0.486 e. The van der Waals surface area contributed by atoms with E-state index in [4.69, 9.17) is 9.47 Å². The summed E-state index contributed by atoms with van der Waals surface area (Å²) in [5.41, 5.74) is 2.59. The maximum atomic E-state index is 5.72. The van der Waals surface area contributed by atoms with Gasteiger partial charge in [-0.2, -0.15) is 0 Å². The van der Waals surface area contributed by atoms with Crippen LogP contribution in [0.25, 0.3) is 0 Å². The number of benzene rings is 1. The van der Waals surface area contributed by atoms with Gasteiger partial charge in [-0.1, -0.05) is 12.1 Å². The van der Waals surface area contributed by atoms with Crippen LogP contribution in [0.3, 0.4) is 0 Å². The number of likely N-dealkylation sites (tertiary alicyclic amines) is 1. The third-order valence-corrected chi connectivity index (χ3v) is 4.42. The summed E-state index contributed by atoms with van der Waals surface area (Å²) >= 11 is 0. The number of hydrogen-bond donors (Lipinski definition) is 0. The normalized spacial score (nSPS) is 21.0. The van der Waals surface area contributed by atoms with Crippen LogP contribution in [0.2, 0.25) is 0 Å². The molecule has 0 radical (unpaired) electrons. The maximum absolute atomic E-state index is 5.72. The number of pyridine rings is 1. The molecule has 2 aliphatic rings. The van der Waals surface area contributed by atoms with Crippen LogP contribution in [0.5, 0.6) is 11.5 Å². The van der Waals surface area contributed by atoms with Crippen molar-refractivity contribution in [1.82, 2.24) is 9.88 Å². The zero-order chi connectivity index (χ0) is 14.8. The van der Waals surface area contributed by atoms with Gasteiger partial charge in [-0.15, -0.1) is 0 Å². The topological polar surface area (TPSA) is 34.6 Å². The van der Waals surface area contributed by atoms with E-state index in [2.05, 4.69) is 28.1 Å². The Bertz CT molecular complexity index is 645. The lowest BCUT2D eigenvalue weighted by Gasteiger charge is -2.26. The molecule has 1 fully saturated rings. The van der Waals surface area contributed by atoms with Crippen molar-refractivity contribution >= 4 is 0 Å². The minimum absolute atomic E-state index is 0.455. The van der Waals surface area contributed by atoms with Crippen molar-refractivity contribution in [1.29, 1.82) is 0 Å². The van der Waals surface area contributed by atoms with Crippen LogP contribution in [0.1, 0.15) is 30.0 Å². The zero-order valence-corrected chi connectivity index (χ0v) is 12.6. The summed E-state index contributed by atoms with van der Waals surface area (Å²) in [5.74, 6) is 1.75. The number of rotatable bonds is 3. The van der Waals surface area contributed by atoms with E-state index in [0.29, 0.717) is 19.3 Å². The van der Waals surface area contributed by atoms with Crippen molar-refractivity contribution in [3.8, 4) is 11.5 Å². The van der Waals surface area contributed by atoms with Crippen LogP contribution in [0.4, 0.5) is 0 Å². The van der Waals surface area contributed by atoms with Crippen molar-refractivity contribution in [2.45, 2.75) is 25.4 Å². The summed E-state index contributed by atoms with van der Waals surface area (Å²) in [6.45, 7) is 3.37. The van der Waals surface area contributed by atoms with Gasteiger partial charge in [0.05, 0.1) is 0 Å². The average molecular weight is 296 g/mol. The summed E-state index contributed by atoms with van der Waals surface area (Å²) in [7, 11) is 0. The molecule has 3 heterocycles. The molecule has 1 aromatic carbocycles. The van der Waals surface area contributed by atoms with E-state index in [-0.39, 0.29) is 0 Å². The number of hydrogen-bond acceptors (Lipinski definition) is 4. The molecule has 1 saturated heterocycles. The Kier molecular flexibility index (Phi) is 3.69. The SMILES string of the molecule is c1cncc(CN2CCCC2c2ccc3c(c2)OCCO3)c1. The molecule has 0 amide bonds. The van der Waals surface area contributed by atoms with E-state index in [1.807, 2.05) is 24.5 Å². The maximum Gasteiger partial charge on any atom is 0.161 e. The standard InChI is InChI=1S/C18H20N2O2/c1-3-14(12-19-7-1)13-20-8-2-4-16(20)15-5-6-17-18(11-15)22-10-9-21-17/h1,3,5-7,11-12,16H,2,4,8-10,13H2. The molecule has 4 rings (SSSR count). The van der Waals surface area contributed by atoms with Gasteiger partial charge in [-0.3, -0.25) is 9.88 Å². The predicted octanol–water partition coefficient (Wildman–Crippen LogP) is 3.19. The third kappa shape index (κ3) is 2.66. The minimum atomic E-state index is 0.455. The van der Waals surface area contributed by atoms with Crippen LogP contribution >= 0.6 is 0 Å². The van der Waals surface area contributed by atoms with Crippen molar-refractivity contribution in [2.75, 3.05) is 19.8 Å². The highest BCUT2D eigenvalue weighted by atomic mass is 16.6. The van der Waals surface area contributed by atoms with Gasteiger partial charge < -0.3 is 9.47 Å². The molecule has 22 heavy (non-hydrogen) atoms. The van der Waals surface area contributed by atoms with E-state index in [1.54, 1.807) is 0 Å². The van der Waals surface area contributed by atoms with Gasteiger partial charge in [0, 0.05) is 25.0 Å². The van der Waals surface area contributed by atoms with E-state index in [9.17, 15) is 0 Å². The Morgan fingerprint density at radius 2 is 2.05 bits per heavy atom. The monoisotopic (exact) mass is 296 g/mol. The van der Waals surface area contributed by atoms with E-state index in [0.717, 1.165) is 24.6 Å². The summed E-state index contributed by atoms with van der Waals surface area (Å²) in [4.78, 5) is 6.75. The molecular weight excluding hydrogens is 276 g/mol. The van der Waals surface area contributed by atoms with E-state index in [1.165, 1.54) is 24.0 Å². The first-order chi connectivity index (χ1) is 10.9.